The predicted molar refractivity (Wildman–Crippen MR) is 55.8 cm³/mol. The van der Waals surface area contributed by atoms with Crippen LogP contribution in [0.2, 0.25) is 5.15 Å². The van der Waals surface area contributed by atoms with E-state index in [9.17, 15) is 0 Å². The van der Waals surface area contributed by atoms with E-state index in [4.69, 9.17) is 16.3 Å². The van der Waals surface area contributed by atoms with Crippen molar-refractivity contribution >= 4 is 17.2 Å². The van der Waals surface area contributed by atoms with Gasteiger partial charge in [-0.3, -0.25) is 4.40 Å². The fourth-order valence-electron chi connectivity index (χ4n) is 1.40. The largest absolute Gasteiger partial charge is 0.371 e. The number of hydrogen-bond donors (Lipinski definition) is 0. The van der Waals surface area contributed by atoms with E-state index in [-0.39, 0.29) is 6.10 Å². The summed E-state index contributed by atoms with van der Waals surface area (Å²) in [4.78, 5) is 3.93. The van der Waals surface area contributed by atoms with Gasteiger partial charge in [0.05, 0.1) is 6.20 Å². The number of halogens is 1. The Morgan fingerprint density at radius 1 is 1.53 bits per heavy atom. The van der Waals surface area contributed by atoms with Gasteiger partial charge in [-0.1, -0.05) is 11.6 Å². The summed E-state index contributed by atoms with van der Waals surface area (Å²) in [5.41, 5.74) is 0.668. The first-order valence-corrected chi connectivity index (χ1v) is 5.08. The van der Waals surface area contributed by atoms with Crippen LogP contribution in [0.1, 0.15) is 25.8 Å². The van der Waals surface area contributed by atoms with Crippen molar-refractivity contribution in [1.29, 1.82) is 0 Å². The number of ether oxygens (including phenoxy) is 1. The number of hydrogen-bond acceptors (Lipinski definition) is 4. The standard InChI is InChI=1S/C9H11ClN4O/c1-3-15-6(2)9-13-12-8-4-11-7(10)5-14(8)9/h4-6H,3H2,1-2H3/t6-/m1/s1. The van der Waals surface area contributed by atoms with Crippen LogP contribution in [0.3, 0.4) is 0 Å². The number of rotatable bonds is 3. The molecule has 2 aromatic heterocycles. The first-order chi connectivity index (χ1) is 7.22. The molecule has 0 spiro atoms. The van der Waals surface area contributed by atoms with Gasteiger partial charge < -0.3 is 4.74 Å². The minimum atomic E-state index is -0.108. The number of fused-ring (bicyclic) bond motifs is 1. The van der Waals surface area contributed by atoms with Crippen molar-refractivity contribution < 1.29 is 4.74 Å². The van der Waals surface area contributed by atoms with Crippen LogP contribution in [0.25, 0.3) is 5.65 Å². The van der Waals surface area contributed by atoms with Crippen LogP contribution in [0.4, 0.5) is 0 Å². The first kappa shape index (κ1) is 10.3. The summed E-state index contributed by atoms with van der Waals surface area (Å²) in [6.45, 7) is 4.50. The summed E-state index contributed by atoms with van der Waals surface area (Å²) < 4.78 is 7.23. The fraction of sp³-hybridized carbons (Fsp3) is 0.444. The minimum absolute atomic E-state index is 0.108. The molecule has 0 aliphatic heterocycles. The van der Waals surface area contributed by atoms with Gasteiger partial charge in [-0.25, -0.2) is 4.98 Å². The lowest BCUT2D eigenvalue weighted by Crippen LogP contribution is -2.05. The number of aromatic nitrogens is 4. The van der Waals surface area contributed by atoms with Gasteiger partial charge in [0.1, 0.15) is 11.3 Å². The Hall–Kier alpha value is -1.20. The third-order valence-electron chi connectivity index (χ3n) is 2.07. The summed E-state index contributed by atoms with van der Waals surface area (Å²) in [5.74, 6) is 0.733. The van der Waals surface area contributed by atoms with Gasteiger partial charge in [-0.2, -0.15) is 0 Å². The molecule has 5 nitrogen and oxygen atoms in total. The molecule has 0 N–H and O–H groups in total. The molecule has 15 heavy (non-hydrogen) atoms. The molecule has 0 amide bonds. The summed E-state index contributed by atoms with van der Waals surface area (Å²) in [7, 11) is 0. The average molecular weight is 227 g/mol. The molecule has 0 saturated carbocycles. The zero-order valence-corrected chi connectivity index (χ0v) is 9.27. The van der Waals surface area contributed by atoms with Crippen molar-refractivity contribution in [2.45, 2.75) is 20.0 Å². The summed E-state index contributed by atoms with van der Waals surface area (Å²) in [6, 6.07) is 0. The van der Waals surface area contributed by atoms with E-state index < -0.39 is 0 Å². The van der Waals surface area contributed by atoms with Crippen molar-refractivity contribution in [3.05, 3.63) is 23.4 Å². The molecule has 0 fully saturated rings. The molecule has 80 valence electrons. The lowest BCUT2D eigenvalue weighted by molar-refractivity contribution is 0.0693. The van der Waals surface area contributed by atoms with Crippen LogP contribution in [-0.2, 0) is 4.74 Å². The van der Waals surface area contributed by atoms with Gasteiger partial charge in [0.2, 0.25) is 0 Å². The van der Waals surface area contributed by atoms with Crippen molar-refractivity contribution in [3.63, 3.8) is 0 Å². The fourth-order valence-corrected chi connectivity index (χ4v) is 1.54. The van der Waals surface area contributed by atoms with Gasteiger partial charge in [0.25, 0.3) is 0 Å². The topological polar surface area (TPSA) is 52.3 Å². The molecule has 0 radical (unpaired) electrons. The van der Waals surface area contributed by atoms with E-state index in [0.717, 1.165) is 5.82 Å². The van der Waals surface area contributed by atoms with Crippen LogP contribution < -0.4 is 0 Å². The Morgan fingerprint density at radius 3 is 3.07 bits per heavy atom. The molecular formula is C9H11ClN4O. The van der Waals surface area contributed by atoms with Crippen molar-refractivity contribution in [3.8, 4) is 0 Å². The van der Waals surface area contributed by atoms with Gasteiger partial charge in [-0.15, -0.1) is 10.2 Å². The maximum Gasteiger partial charge on any atom is 0.179 e. The second-order valence-corrected chi connectivity index (χ2v) is 3.48. The highest BCUT2D eigenvalue weighted by molar-refractivity contribution is 6.29. The van der Waals surface area contributed by atoms with E-state index in [1.165, 1.54) is 0 Å². The van der Waals surface area contributed by atoms with E-state index in [1.54, 1.807) is 16.8 Å². The minimum Gasteiger partial charge on any atom is -0.371 e. The quantitative estimate of drug-likeness (QED) is 0.802. The molecule has 1 atom stereocenters. The Bertz CT molecular complexity index is 470. The SMILES string of the molecule is CCO[C@H](C)c1nnc2cnc(Cl)cn12. The van der Waals surface area contributed by atoms with E-state index in [1.807, 2.05) is 13.8 Å². The summed E-state index contributed by atoms with van der Waals surface area (Å²) >= 11 is 5.80. The number of nitrogens with zero attached hydrogens (tertiary/aromatic N) is 4. The lowest BCUT2D eigenvalue weighted by atomic mass is 10.4. The van der Waals surface area contributed by atoms with Crippen LogP contribution in [-0.4, -0.2) is 26.2 Å². The molecular weight excluding hydrogens is 216 g/mol. The Morgan fingerprint density at radius 2 is 2.33 bits per heavy atom. The van der Waals surface area contributed by atoms with E-state index in [0.29, 0.717) is 17.4 Å². The van der Waals surface area contributed by atoms with Gasteiger partial charge >= 0.3 is 0 Å². The highest BCUT2D eigenvalue weighted by Gasteiger charge is 2.13. The van der Waals surface area contributed by atoms with Crippen LogP contribution in [0, 0.1) is 0 Å². The second kappa shape index (κ2) is 4.12. The predicted octanol–water partition coefficient (Wildman–Crippen LogP) is 1.88. The highest BCUT2D eigenvalue weighted by Crippen LogP contribution is 2.16. The monoisotopic (exact) mass is 226 g/mol. The van der Waals surface area contributed by atoms with Gasteiger partial charge in [0.15, 0.2) is 11.5 Å². The normalized spacial score (nSPS) is 13.3. The second-order valence-electron chi connectivity index (χ2n) is 3.09. The zero-order valence-electron chi connectivity index (χ0n) is 8.51. The summed E-state index contributed by atoms with van der Waals surface area (Å²) in [5, 5.41) is 8.43. The van der Waals surface area contributed by atoms with Crippen molar-refractivity contribution in [2.24, 2.45) is 0 Å². The zero-order chi connectivity index (χ0) is 10.8. The van der Waals surface area contributed by atoms with Gasteiger partial charge in [-0.05, 0) is 13.8 Å². The smallest absolute Gasteiger partial charge is 0.179 e. The Labute approximate surface area is 92.1 Å². The molecule has 2 heterocycles. The Balaban J connectivity index is 2.47. The molecule has 2 rings (SSSR count). The summed E-state index contributed by atoms with van der Waals surface area (Å²) in [6.07, 6.45) is 3.16. The third-order valence-corrected chi connectivity index (χ3v) is 2.26. The average Bonchev–Trinajstić information content (AvgIpc) is 2.60. The maximum atomic E-state index is 5.80. The van der Waals surface area contributed by atoms with Gasteiger partial charge in [0, 0.05) is 12.8 Å². The Kier molecular flexibility index (Phi) is 2.83. The van der Waals surface area contributed by atoms with Crippen LogP contribution in [0.5, 0.6) is 0 Å². The van der Waals surface area contributed by atoms with E-state index >= 15 is 0 Å². The highest BCUT2D eigenvalue weighted by atomic mass is 35.5. The molecule has 0 aliphatic carbocycles. The van der Waals surface area contributed by atoms with Crippen LogP contribution >= 0.6 is 11.6 Å². The third kappa shape index (κ3) is 1.93. The first-order valence-electron chi connectivity index (χ1n) is 4.70. The molecule has 0 bridgehead atoms. The molecule has 0 unspecified atom stereocenters. The molecule has 0 saturated heterocycles. The van der Waals surface area contributed by atoms with E-state index in [2.05, 4.69) is 15.2 Å². The van der Waals surface area contributed by atoms with Crippen molar-refractivity contribution in [2.75, 3.05) is 6.61 Å². The van der Waals surface area contributed by atoms with Crippen LogP contribution in [0.15, 0.2) is 12.4 Å². The molecule has 6 heteroatoms. The molecule has 0 aliphatic rings. The maximum absolute atomic E-state index is 5.80. The lowest BCUT2D eigenvalue weighted by Gasteiger charge is -2.08. The van der Waals surface area contributed by atoms with Crippen molar-refractivity contribution in [1.82, 2.24) is 19.6 Å². The molecule has 0 aromatic carbocycles. The molecule has 2 aromatic rings.